The summed E-state index contributed by atoms with van der Waals surface area (Å²) in [6.45, 7) is 4.25. The molecule has 1 aliphatic carbocycles. The van der Waals surface area contributed by atoms with E-state index in [1.165, 1.54) is 16.7 Å². The minimum Gasteiger partial charge on any atom is -0.377 e. The van der Waals surface area contributed by atoms with Crippen molar-refractivity contribution in [1.29, 1.82) is 0 Å². The molecule has 4 rings (SSSR count). The predicted octanol–water partition coefficient (Wildman–Crippen LogP) is 5.69. The molecule has 0 saturated heterocycles. The number of allylic oxidation sites excluding steroid dienone is 2. The van der Waals surface area contributed by atoms with Crippen molar-refractivity contribution < 1.29 is 4.92 Å². The summed E-state index contributed by atoms with van der Waals surface area (Å²) in [7, 11) is 0. The highest BCUT2D eigenvalue weighted by atomic mass is 35.5. The number of rotatable bonds is 2. The van der Waals surface area contributed by atoms with Crippen LogP contribution in [0.25, 0.3) is 0 Å². The van der Waals surface area contributed by atoms with Gasteiger partial charge in [0, 0.05) is 17.7 Å². The van der Waals surface area contributed by atoms with Crippen molar-refractivity contribution in [2.75, 3.05) is 5.32 Å². The Labute approximate surface area is 151 Å². The van der Waals surface area contributed by atoms with Crippen molar-refractivity contribution in [3.63, 3.8) is 0 Å². The molecule has 0 amide bonds. The van der Waals surface area contributed by atoms with Crippen LogP contribution in [0.5, 0.6) is 0 Å². The molecule has 1 aliphatic heterocycles. The smallest absolute Gasteiger partial charge is 0.288 e. The number of nitrogens with one attached hydrogen (secondary N) is 1. The molecule has 4 nitrogen and oxygen atoms in total. The van der Waals surface area contributed by atoms with E-state index in [4.69, 9.17) is 11.6 Å². The lowest BCUT2D eigenvalue weighted by atomic mass is 9.75. The van der Waals surface area contributed by atoms with E-state index in [9.17, 15) is 10.1 Å². The Morgan fingerprint density at radius 1 is 1.20 bits per heavy atom. The Bertz CT molecular complexity index is 907. The van der Waals surface area contributed by atoms with Crippen molar-refractivity contribution in [1.82, 2.24) is 0 Å². The van der Waals surface area contributed by atoms with Crippen molar-refractivity contribution in [3.05, 3.63) is 79.9 Å². The summed E-state index contributed by atoms with van der Waals surface area (Å²) in [6.07, 6.45) is 5.48. The first-order valence-electron chi connectivity index (χ1n) is 8.44. The number of aryl methyl sites for hydroxylation is 2. The van der Waals surface area contributed by atoms with Gasteiger partial charge in [-0.25, -0.2) is 0 Å². The van der Waals surface area contributed by atoms with Gasteiger partial charge in [0.1, 0.15) is 5.02 Å². The van der Waals surface area contributed by atoms with Crippen LogP contribution in [0.1, 0.15) is 40.6 Å². The van der Waals surface area contributed by atoms with E-state index >= 15 is 0 Å². The second-order valence-electron chi connectivity index (χ2n) is 6.93. The summed E-state index contributed by atoms with van der Waals surface area (Å²) in [5.41, 5.74) is 5.90. The van der Waals surface area contributed by atoms with Crippen LogP contribution in [-0.2, 0) is 0 Å². The van der Waals surface area contributed by atoms with E-state index in [0.717, 1.165) is 17.7 Å². The number of nitrogens with zero attached hydrogens (tertiary/aromatic N) is 1. The molecular formula is C20H19ClN2O2. The Morgan fingerprint density at radius 3 is 2.72 bits per heavy atom. The number of halogens is 1. The molecule has 25 heavy (non-hydrogen) atoms. The molecule has 0 aromatic heterocycles. The van der Waals surface area contributed by atoms with Crippen molar-refractivity contribution in [3.8, 4) is 0 Å². The maximum Gasteiger partial charge on any atom is 0.288 e. The van der Waals surface area contributed by atoms with Gasteiger partial charge in [0.25, 0.3) is 5.69 Å². The van der Waals surface area contributed by atoms with Crippen LogP contribution >= 0.6 is 11.6 Å². The molecule has 3 atom stereocenters. The summed E-state index contributed by atoms with van der Waals surface area (Å²) in [5, 5.41) is 15.1. The van der Waals surface area contributed by atoms with Crippen LogP contribution in [0.4, 0.5) is 11.4 Å². The maximum absolute atomic E-state index is 11.3. The Hall–Kier alpha value is -2.33. The molecule has 5 heteroatoms. The van der Waals surface area contributed by atoms with Crippen LogP contribution in [0.2, 0.25) is 5.02 Å². The van der Waals surface area contributed by atoms with Gasteiger partial charge in [-0.2, -0.15) is 0 Å². The number of hydrogen-bond donors (Lipinski definition) is 1. The summed E-state index contributed by atoms with van der Waals surface area (Å²) in [6, 6.07) is 9.48. The first-order valence-corrected chi connectivity index (χ1v) is 8.82. The van der Waals surface area contributed by atoms with Crippen LogP contribution in [-0.4, -0.2) is 4.92 Å². The third-order valence-electron chi connectivity index (χ3n) is 5.47. The van der Waals surface area contributed by atoms with Gasteiger partial charge < -0.3 is 5.32 Å². The third-order valence-corrected chi connectivity index (χ3v) is 5.79. The van der Waals surface area contributed by atoms with Gasteiger partial charge in [-0.15, -0.1) is 0 Å². The zero-order valence-corrected chi connectivity index (χ0v) is 14.9. The van der Waals surface area contributed by atoms with Crippen LogP contribution in [0, 0.1) is 29.9 Å². The normalized spacial score (nSPS) is 23.7. The molecule has 2 aliphatic rings. The molecule has 0 radical (unpaired) electrons. The molecule has 0 spiro atoms. The largest absolute Gasteiger partial charge is 0.377 e. The minimum atomic E-state index is -0.414. The van der Waals surface area contributed by atoms with Gasteiger partial charge in [-0.05, 0) is 54.5 Å². The van der Waals surface area contributed by atoms with Gasteiger partial charge in [-0.1, -0.05) is 42.0 Å². The molecule has 2 aromatic carbocycles. The minimum absolute atomic E-state index is 0.0315. The molecule has 0 unspecified atom stereocenters. The fraction of sp³-hybridized carbons (Fsp3) is 0.300. The van der Waals surface area contributed by atoms with Gasteiger partial charge >= 0.3 is 0 Å². The van der Waals surface area contributed by atoms with Gasteiger partial charge in [0.05, 0.1) is 11.0 Å². The van der Waals surface area contributed by atoms with Crippen LogP contribution in [0.3, 0.4) is 0 Å². The van der Waals surface area contributed by atoms with Crippen molar-refractivity contribution >= 4 is 23.0 Å². The number of anilines is 1. The highest BCUT2D eigenvalue weighted by Gasteiger charge is 2.39. The molecule has 128 valence electrons. The highest BCUT2D eigenvalue weighted by Crippen LogP contribution is 2.52. The number of hydrogen-bond acceptors (Lipinski definition) is 3. The average Bonchev–Trinajstić information content (AvgIpc) is 3.07. The molecule has 0 bridgehead atoms. The van der Waals surface area contributed by atoms with E-state index in [2.05, 4.69) is 43.4 Å². The summed E-state index contributed by atoms with van der Waals surface area (Å²) in [4.78, 5) is 10.9. The van der Waals surface area contributed by atoms with Gasteiger partial charge in [0.2, 0.25) is 0 Å². The highest BCUT2D eigenvalue weighted by molar-refractivity contribution is 6.32. The molecular weight excluding hydrogens is 336 g/mol. The van der Waals surface area contributed by atoms with E-state index < -0.39 is 4.92 Å². The second-order valence-corrected chi connectivity index (χ2v) is 7.34. The lowest BCUT2D eigenvalue weighted by molar-refractivity contribution is -0.384. The van der Waals surface area contributed by atoms with E-state index in [0.29, 0.717) is 11.8 Å². The van der Waals surface area contributed by atoms with Crippen molar-refractivity contribution in [2.45, 2.75) is 32.2 Å². The molecule has 2 aromatic rings. The zero-order valence-electron chi connectivity index (χ0n) is 14.1. The van der Waals surface area contributed by atoms with Gasteiger partial charge in [-0.3, -0.25) is 10.1 Å². The fourth-order valence-electron chi connectivity index (χ4n) is 4.24. The third kappa shape index (κ3) is 2.52. The van der Waals surface area contributed by atoms with E-state index in [1.54, 1.807) is 12.1 Å². The van der Waals surface area contributed by atoms with E-state index in [1.807, 2.05) is 6.07 Å². The molecule has 0 fully saturated rings. The topological polar surface area (TPSA) is 55.2 Å². The SMILES string of the molecule is Cc1ccc(C)c2c1N[C@H](c1ccc(Cl)c([N+](=O)[O-])c1)[C@H]1CC=C[C@H]21. The number of nitro benzene ring substituents is 1. The lowest BCUT2D eigenvalue weighted by Gasteiger charge is -2.39. The monoisotopic (exact) mass is 354 g/mol. The Balaban J connectivity index is 1.84. The summed E-state index contributed by atoms with van der Waals surface area (Å²) < 4.78 is 0. The number of fused-ring (bicyclic) bond motifs is 3. The first-order chi connectivity index (χ1) is 12.0. The molecule has 1 heterocycles. The zero-order chi connectivity index (χ0) is 17.7. The van der Waals surface area contributed by atoms with Crippen molar-refractivity contribution in [2.24, 2.45) is 5.92 Å². The first kappa shape index (κ1) is 16.2. The molecule has 1 N–H and O–H groups in total. The fourth-order valence-corrected chi connectivity index (χ4v) is 4.42. The molecule has 0 saturated carbocycles. The maximum atomic E-state index is 11.3. The number of benzene rings is 2. The average molecular weight is 355 g/mol. The quantitative estimate of drug-likeness (QED) is 0.428. The lowest BCUT2D eigenvalue weighted by Crippen LogP contribution is -2.30. The van der Waals surface area contributed by atoms with Gasteiger partial charge in [0.15, 0.2) is 0 Å². The second kappa shape index (κ2) is 5.88. The predicted molar refractivity (Wildman–Crippen MR) is 100 cm³/mol. The Kier molecular flexibility index (Phi) is 3.80. The summed E-state index contributed by atoms with van der Waals surface area (Å²) >= 11 is 5.99. The number of nitro groups is 1. The standard InChI is InChI=1S/C20H19ClN2O2/c1-11-6-7-12(2)19-18(11)14-4-3-5-15(14)20(22-19)13-8-9-16(21)17(10-13)23(24)25/h3-4,6-10,14-15,20,22H,5H2,1-2H3/t14-,15-,20+/m0/s1. The van der Waals surface area contributed by atoms with E-state index in [-0.39, 0.29) is 16.8 Å². The summed E-state index contributed by atoms with van der Waals surface area (Å²) in [5.74, 6) is 0.699. The van der Waals surface area contributed by atoms with Crippen LogP contribution < -0.4 is 5.32 Å². The van der Waals surface area contributed by atoms with Crippen LogP contribution in [0.15, 0.2) is 42.5 Å². The Morgan fingerprint density at radius 2 is 1.96 bits per heavy atom.